The Morgan fingerprint density at radius 3 is 2.18 bits per heavy atom. The zero-order valence-electron chi connectivity index (χ0n) is 20.4. The van der Waals surface area contributed by atoms with Crippen LogP contribution in [0.1, 0.15) is 43.1 Å². The molecule has 180 valence electrons. The summed E-state index contributed by atoms with van der Waals surface area (Å²) in [5.74, 6) is 0.126. The van der Waals surface area contributed by atoms with E-state index in [0.29, 0.717) is 37.7 Å². The number of ether oxygens (including phenoxy) is 1. The molecule has 2 aromatic rings. The highest BCUT2D eigenvalue weighted by Gasteiger charge is 2.39. The number of carbonyl (C=O) groups excluding carboxylic acids is 1. The fraction of sp³-hybridized carbons (Fsp3) is 0.440. The lowest BCUT2D eigenvalue weighted by Gasteiger charge is -2.28. The van der Waals surface area contributed by atoms with Gasteiger partial charge in [-0.1, -0.05) is 18.2 Å². The Hall–Kier alpha value is -2.52. The van der Waals surface area contributed by atoms with Gasteiger partial charge in [0.25, 0.3) is 0 Å². The molecule has 7 nitrogen and oxygen atoms in total. The first kappa shape index (κ1) is 26.7. The van der Waals surface area contributed by atoms with Crippen LogP contribution in [0.3, 0.4) is 0 Å². The van der Waals surface area contributed by atoms with Crippen LogP contribution >= 0.6 is 0 Å². The minimum absolute atomic E-state index is 0.390. The molecule has 8 heteroatoms. The van der Waals surface area contributed by atoms with Crippen molar-refractivity contribution >= 4 is 26.7 Å². The second-order valence-corrected chi connectivity index (χ2v) is 10.3. The van der Waals surface area contributed by atoms with E-state index in [2.05, 4.69) is 4.99 Å². The third kappa shape index (κ3) is 8.73. The third-order valence-corrected chi connectivity index (χ3v) is 7.95. The topological polar surface area (TPSA) is 69.6 Å². The molecule has 0 atom stereocenters. The summed E-state index contributed by atoms with van der Waals surface area (Å²) in [6.45, 7) is 8.24. The van der Waals surface area contributed by atoms with E-state index in [-0.39, 0.29) is 0 Å². The molecule has 0 aliphatic heterocycles. The van der Waals surface area contributed by atoms with Crippen molar-refractivity contribution in [2.24, 2.45) is 4.99 Å². The monoisotopic (exact) mass is 472 g/mol. The van der Waals surface area contributed by atoms with Crippen LogP contribution in [0.4, 0.5) is 5.69 Å². The molecule has 0 radical (unpaired) electrons. The molecule has 0 aromatic heterocycles. The standard InChI is InChI=1S/C25H36N2O5Si/c1-6-29-33(30-7-2,31-8-3)18-10-17-26-20-21-13-15-22(16-14-21)25(28)32-24-12-9-11-23(19-24)27(4)5/h9,11-16,19-20H,6-8,10,17-18H2,1-5H3. The van der Waals surface area contributed by atoms with Gasteiger partial charge in [-0.15, -0.1) is 0 Å². The fourth-order valence-electron chi connectivity index (χ4n) is 3.25. The van der Waals surface area contributed by atoms with Gasteiger partial charge in [-0.25, -0.2) is 4.79 Å². The minimum Gasteiger partial charge on any atom is -0.423 e. The maximum absolute atomic E-state index is 12.5. The van der Waals surface area contributed by atoms with Gasteiger partial charge < -0.3 is 22.9 Å². The van der Waals surface area contributed by atoms with Crippen molar-refractivity contribution in [3.05, 3.63) is 59.7 Å². The molecule has 0 spiro atoms. The zero-order chi connectivity index (χ0) is 24.1. The average molecular weight is 473 g/mol. The molecule has 0 aliphatic carbocycles. The molecule has 2 aromatic carbocycles. The lowest BCUT2D eigenvalue weighted by Crippen LogP contribution is -2.46. The Morgan fingerprint density at radius 1 is 0.970 bits per heavy atom. The molecular formula is C25H36N2O5Si. The maximum atomic E-state index is 12.5. The third-order valence-electron chi connectivity index (χ3n) is 4.79. The van der Waals surface area contributed by atoms with Crippen molar-refractivity contribution in [1.82, 2.24) is 0 Å². The van der Waals surface area contributed by atoms with Crippen molar-refractivity contribution in [3.63, 3.8) is 0 Å². The molecule has 0 N–H and O–H groups in total. The maximum Gasteiger partial charge on any atom is 0.500 e. The molecular weight excluding hydrogens is 436 g/mol. The second kappa shape index (κ2) is 13.9. The van der Waals surface area contributed by atoms with E-state index in [0.717, 1.165) is 23.7 Å². The fourth-order valence-corrected chi connectivity index (χ4v) is 5.85. The lowest BCUT2D eigenvalue weighted by atomic mass is 10.1. The molecule has 0 amide bonds. The van der Waals surface area contributed by atoms with E-state index in [4.69, 9.17) is 18.0 Å². The first-order chi connectivity index (χ1) is 15.9. The van der Waals surface area contributed by atoms with Gasteiger partial charge in [-0.2, -0.15) is 0 Å². The zero-order valence-corrected chi connectivity index (χ0v) is 21.4. The Bertz CT molecular complexity index is 870. The van der Waals surface area contributed by atoms with Crippen LogP contribution in [0.5, 0.6) is 5.75 Å². The van der Waals surface area contributed by atoms with E-state index >= 15 is 0 Å². The summed E-state index contributed by atoms with van der Waals surface area (Å²) in [6, 6.07) is 15.4. The van der Waals surface area contributed by atoms with Crippen LogP contribution in [0, 0.1) is 0 Å². The smallest absolute Gasteiger partial charge is 0.423 e. The predicted molar refractivity (Wildman–Crippen MR) is 135 cm³/mol. The number of esters is 1. The van der Waals surface area contributed by atoms with Crippen molar-refractivity contribution in [2.45, 2.75) is 33.2 Å². The molecule has 0 aliphatic rings. The highest BCUT2D eigenvalue weighted by atomic mass is 28.4. The quantitative estimate of drug-likeness (QED) is 0.129. The van der Waals surface area contributed by atoms with Gasteiger partial charge in [0.1, 0.15) is 5.75 Å². The first-order valence-corrected chi connectivity index (χ1v) is 13.4. The van der Waals surface area contributed by atoms with E-state index in [1.165, 1.54) is 0 Å². The van der Waals surface area contributed by atoms with E-state index in [1.807, 2.05) is 70.1 Å². The van der Waals surface area contributed by atoms with Crippen molar-refractivity contribution in [2.75, 3.05) is 45.4 Å². The van der Waals surface area contributed by atoms with Crippen molar-refractivity contribution in [3.8, 4) is 5.75 Å². The minimum atomic E-state index is -2.62. The number of carbonyl (C=O) groups is 1. The number of nitrogens with zero attached hydrogens (tertiary/aromatic N) is 2. The van der Waals surface area contributed by atoms with Crippen LogP contribution in [0.2, 0.25) is 6.04 Å². The number of hydrogen-bond donors (Lipinski definition) is 0. The summed E-state index contributed by atoms with van der Waals surface area (Å²) in [4.78, 5) is 18.9. The molecule has 0 bridgehead atoms. The Balaban J connectivity index is 1.88. The summed E-state index contributed by atoms with van der Waals surface area (Å²) >= 11 is 0. The van der Waals surface area contributed by atoms with E-state index in [9.17, 15) is 4.79 Å². The van der Waals surface area contributed by atoms with Crippen LogP contribution in [0.25, 0.3) is 0 Å². The number of benzene rings is 2. The van der Waals surface area contributed by atoms with Gasteiger partial charge in [0, 0.05) is 64.5 Å². The molecule has 33 heavy (non-hydrogen) atoms. The number of rotatable bonds is 14. The average Bonchev–Trinajstić information content (AvgIpc) is 2.80. The first-order valence-electron chi connectivity index (χ1n) is 11.4. The normalized spacial score (nSPS) is 11.7. The highest BCUT2D eigenvalue weighted by molar-refractivity contribution is 6.60. The Morgan fingerprint density at radius 2 is 1.61 bits per heavy atom. The molecule has 0 unspecified atom stereocenters. The van der Waals surface area contributed by atoms with E-state index in [1.54, 1.807) is 24.4 Å². The van der Waals surface area contributed by atoms with Crippen molar-refractivity contribution in [1.29, 1.82) is 0 Å². The van der Waals surface area contributed by atoms with Gasteiger partial charge in [0.15, 0.2) is 0 Å². The summed E-state index contributed by atoms with van der Waals surface area (Å²) in [5.41, 5.74) is 2.38. The molecule has 0 heterocycles. The molecule has 0 saturated heterocycles. The number of anilines is 1. The summed E-state index contributed by atoms with van der Waals surface area (Å²) < 4.78 is 23.1. The summed E-state index contributed by atoms with van der Waals surface area (Å²) in [7, 11) is 1.27. The Labute approximate surface area is 198 Å². The van der Waals surface area contributed by atoms with Crippen LogP contribution in [0.15, 0.2) is 53.5 Å². The number of hydrogen-bond acceptors (Lipinski definition) is 7. The second-order valence-electron chi connectivity index (χ2n) is 7.52. The highest BCUT2D eigenvalue weighted by Crippen LogP contribution is 2.21. The van der Waals surface area contributed by atoms with E-state index < -0.39 is 14.8 Å². The van der Waals surface area contributed by atoms with Gasteiger partial charge >= 0.3 is 14.8 Å². The SMILES string of the molecule is CCO[Si](CCCN=Cc1ccc(C(=O)Oc2cccc(N(C)C)c2)cc1)(OCC)OCC. The van der Waals surface area contributed by atoms with Gasteiger partial charge in [-0.05, 0) is 57.0 Å². The molecule has 0 saturated carbocycles. The van der Waals surface area contributed by atoms with Crippen LogP contribution in [-0.2, 0) is 13.3 Å². The van der Waals surface area contributed by atoms with Crippen LogP contribution in [-0.4, -0.2) is 61.4 Å². The van der Waals surface area contributed by atoms with Gasteiger partial charge in [0.05, 0.1) is 5.56 Å². The predicted octanol–water partition coefficient (Wildman–Crippen LogP) is 4.83. The molecule has 0 fully saturated rings. The molecule has 2 rings (SSSR count). The number of aliphatic imine (C=N–C) groups is 1. The van der Waals surface area contributed by atoms with Gasteiger partial charge in [0.2, 0.25) is 0 Å². The largest absolute Gasteiger partial charge is 0.500 e. The van der Waals surface area contributed by atoms with Gasteiger partial charge in [-0.3, -0.25) is 4.99 Å². The van der Waals surface area contributed by atoms with Crippen molar-refractivity contribution < 1.29 is 22.8 Å². The lowest BCUT2D eigenvalue weighted by molar-refractivity contribution is 0.0707. The van der Waals surface area contributed by atoms with Crippen LogP contribution < -0.4 is 9.64 Å². The summed E-state index contributed by atoms with van der Waals surface area (Å²) in [5, 5.41) is 0. The summed E-state index contributed by atoms with van der Waals surface area (Å²) in [6.07, 6.45) is 2.63. The Kier molecular flexibility index (Phi) is 11.3.